The van der Waals surface area contributed by atoms with Crippen molar-refractivity contribution in [3.8, 4) is 5.75 Å². The van der Waals surface area contributed by atoms with Crippen LogP contribution in [0.1, 0.15) is 11.3 Å². The fourth-order valence-corrected chi connectivity index (χ4v) is 2.94. The van der Waals surface area contributed by atoms with Gasteiger partial charge in [-0.05, 0) is 35.9 Å². The molecule has 3 heteroatoms. The molecule has 0 fully saturated rings. The smallest absolute Gasteiger partial charge is 0.143 e. The third-order valence-corrected chi connectivity index (χ3v) is 4.05. The van der Waals surface area contributed by atoms with Gasteiger partial charge in [0.2, 0.25) is 0 Å². The van der Waals surface area contributed by atoms with Crippen LogP contribution in [-0.2, 0) is 11.3 Å². The predicted molar refractivity (Wildman–Crippen MR) is 88.8 cm³/mol. The molecule has 3 aromatic rings. The van der Waals surface area contributed by atoms with E-state index in [0.717, 1.165) is 29.3 Å². The van der Waals surface area contributed by atoms with Gasteiger partial charge in [-0.3, -0.25) is 0 Å². The van der Waals surface area contributed by atoms with Gasteiger partial charge in [-0.25, -0.2) is 0 Å². The molecule has 110 valence electrons. The van der Waals surface area contributed by atoms with E-state index in [9.17, 15) is 0 Å². The van der Waals surface area contributed by atoms with Gasteiger partial charge < -0.3 is 14.0 Å². The lowest BCUT2D eigenvalue weighted by molar-refractivity contribution is 0.241. The summed E-state index contributed by atoms with van der Waals surface area (Å²) in [6.45, 7) is 1.59. The van der Waals surface area contributed by atoms with Crippen molar-refractivity contribution >= 4 is 22.7 Å². The molecular weight excluding hydrogens is 274 g/mol. The molecule has 0 N–H and O–H groups in total. The normalized spacial score (nSPS) is 15.6. The lowest BCUT2D eigenvalue weighted by atomic mass is 10.1. The van der Waals surface area contributed by atoms with Gasteiger partial charge in [-0.2, -0.15) is 0 Å². The largest absolute Gasteiger partial charge is 0.497 e. The fraction of sp³-hybridized carbons (Fsp3) is 0.158. The molecule has 0 saturated carbocycles. The standard InChI is InChI=1S/C19H17NO2/c1-21-16-8-6-14(7-9-16)12-19-18-13-15-4-2-3-5-17(15)20(18)10-11-22-19/h2-9,12-13H,10-11H2,1H3/b19-12-. The maximum absolute atomic E-state index is 5.90. The van der Waals surface area contributed by atoms with E-state index >= 15 is 0 Å². The number of rotatable bonds is 2. The van der Waals surface area contributed by atoms with Crippen LogP contribution in [0.25, 0.3) is 22.7 Å². The Morgan fingerprint density at radius 1 is 1.09 bits per heavy atom. The first-order chi connectivity index (χ1) is 10.8. The minimum Gasteiger partial charge on any atom is -0.497 e. The number of fused-ring (bicyclic) bond motifs is 3. The van der Waals surface area contributed by atoms with Crippen LogP contribution in [0.4, 0.5) is 0 Å². The zero-order valence-corrected chi connectivity index (χ0v) is 12.5. The van der Waals surface area contributed by atoms with Crippen molar-refractivity contribution < 1.29 is 9.47 Å². The Hall–Kier alpha value is -2.68. The number of hydrogen-bond donors (Lipinski definition) is 0. The number of nitrogens with zero attached hydrogens (tertiary/aromatic N) is 1. The molecular formula is C19H17NO2. The van der Waals surface area contributed by atoms with E-state index < -0.39 is 0 Å². The van der Waals surface area contributed by atoms with Crippen molar-refractivity contribution in [2.24, 2.45) is 0 Å². The number of hydrogen-bond acceptors (Lipinski definition) is 2. The van der Waals surface area contributed by atoms with E-state index in [1.165, 1.54) is 10.9 Å². The van der Waals surface area contributed by atoms with E-state index in [2.05, 4.69) is 41.0 Å². The molecule has 0 spiro atoms. The predicted octanol–water partition coefficient (Wildman–Crippen LogP) is 4.18. The first-order valence-electron chi connectivity index (χ1n) is 7.42. The summed E-state index contributed by atoms with van der Waals surface area (Å²) in [5.41, 5.74) is 3.51. The highest BCUT2D eigenvalue weighted by molar-refractivity contribution is 5.88. The number of benzene rings is 2. The number of ether oxygens (including phenoxy) is 2. The van der Waals surface area contributed by atoms with Crippen LogP contribution in [-0.4, -0.2) is 18.3 Å². The van der Waals surface area contributed by atoms with Crippen LogP contribution in [0.2, 0.25) is 0 Å². The molecule has 0 atom stereocenters. The molecule has 0 bridgehead atoms. The summed E-state index contributed by atoms with van der Waals surface area (Å²) >= 11 is 0. The van der Waals surface area contributed by atoms with Crippen LogP contribution in [0.3, 0.4) is 0 Å². The molecule has 1 aromatic heterocycles. The Morgan fingerprint density at radius 2 is 1.91 bits per heavy atom. The summed E-state index contributed by atoms with van der Waals surface area (Å²) < 4.78 is 13.4. The highest BCUT2D eigenvalue weighted by atomic mass is 16.5. The van der Waals surface area contributed by atoms with Crippen molar-refractivity contribution in [2.75, 3.05) is 13.7 Å². The van der Waals surface area contributed by atoms with Crippen LogP contribution >= 0.6 is 0 Å². The zero-order valence-electron chi connectivity index (χ0n) is 12.5. The average Bonchev–Trinajstić information content (AvgIpc) is 2.95. The van der Waals surface area contributed by atoms with E-state index in [0.29, 0.717) is 6.61 Å². The van der Waals surface area contributed by atoms with Crippen molar-refractivity contribution in [1.82, 2.24) is 4.57 Å². The maximum Gasteiger partial charge on any atom is 0.143 e. The second-order valence-corrected chi connectivity index (χ2v) is 5.37. The molecule has 3 nitrogen and oxygen atoms in total. The number of para-hydroxylation sites is 1. The quantitative estimate of drug-likeness (QED) is 0.707. The molecule has 2 heterocycles. The summed E-state index contributed by atoms with van der Waals surface area (Å²) in [5, 5.41) is 1.25. The average molecular weight is 291 g/mol. The van der Waals surface area contributed by atoms with Crippen molar-refractivity contribution in [2.45, 2.75) is 6.54 Å². The van der Waals surface area contributed by atoms with Gasteiger partial charge in [0.05, 0.1) is 19.3 Å². The number of methoxy groups -OCH3 is 1. The molecule has 0 aliphatic carbocycles. The van der Waals surface area contributed by atoms with E-state index in [1.807, 2.05) is 24.3 Å². The third kappa shape index (κ3) is 2.15. The summed E-state index contributed by atoms with van der Waals surface area (Å²) in [4.78, 5) is 0. The molecule has 0 unspecified atom stereocenters. The van der Waals surface area contributed by atoms with E-state index in [-0.39, 0.29) is 0 Å². The van der Waals surface area contributed by atoms with Gasteiger partial charge in [0.15, 0.2) is 0 Å². The highest BCUT2D eigenvalue weighted by Gasteiger charge is 2.18. The van der Waals surface area contributed by atoms with E-state index in [4.69, 9.17) is 9.47 Å². The molecule has 1 aliphatic rings. The zero-order chi connectivity index (χ0) is 14.9. The first kappa shape index (κ1) is 13.0. The highest BCUT2D eigenvalue weighted by Crippen LogP contribution is 2.30. The summed E-state index contributed by atoms with van der Waals surface area (Å²) in [7, 11) is 1.68. The maximum atomic E-state index is 5.90. The van der Waals surface area contributed by atoms with Crippen LogP contribution < -0.4 is 4.74 Å². The lowest BCUT2D eigenvalue weighted by Crippen LogP contribution is -2.15. The Balaban J connectivity index is 1.79. The van der Waals surface area contributed by atoms with Gasteiger partial charge in [0, 0.05) is 10.9 Å². The molecule has 22 heavy (non-hydrogen) atoms. The third-order valence-electron chi connectivity index (χ3n) is 4.05. The van der Waals surface area contributed by atoms with Gasteiger partial charge in [0.25, 0.3) is 0 Å². The molecule has 1 aliphatic heterocycles. The molecule has 0 saturated heterocycles. The summed E-state index contributed by atoms with van der Waals surface area (Å²) in [6.07, 6.45) is 2.09. The monoisotopic (exact) mass is 291 g/mol. The fourth-order valence-electron chi connectivity index (χ4n) is 2.94. The SMILES string of the molecule is COc1ccc(/C=C2\OCCn3c2cc2ccccc23)cc1. The molecule has 0 amide bonds. The van der Waals surface area contributed by atoms with Gasteiger partial charge >= 0.3 is 0 Å². The van der Waals surface area contributed by atoms with Gasteiger partial charge in [-0.1, -0.05) is 30.3 Å². The Labute approximate surface area is 129 Å². The Kier molecular flexibility index (Phi) is 3.11. The van der Waals surface area contributed by atoms with E-state index in [1.54, 1.807) is 7.11 Å². The van der Waals surface area contributed by atoms with Crippen molar-refractivity contribution in [1.29, 1.82) is 0 Å². The molecule has 4 rings (SSSR count). The first-order valence-corrected chi connectivity index (χ1v) is 7.42. The number of aromatic nitrogens is 1. The molecule has 0 radical (unpaired) electrons. The van der Waals surface area contributed by atoms with Gasteiger partial charge in [0.1, 0.15) is 18.1 Å². The van der Waals surface area contributed by atoms with Gasteiger partial charge in [-0.15, -0.1) is 0 Å². The minimum absolute atomic E-state index is 0.702. The Bertz CT molecular complexity index is 844. The summed E-state index contributed by atoms with van der Waals surface area (Å²) in [5.74, 6) is 1.79. The van der Waals surface area contributed by atoms with Crippen molar-refractivity contribution in [3.63, 3.8) is 0 Å². The van der Waals surface area contributed by atoms with Crippen LogP contribution in [0.15, 0.2) is 54.6 Å². The van der Waals surface area contributed by atoms with Crippen LogP contribution in [0.5, 0.6) is 5.75 Å². The van der Waals surface area contributed by atoms with Crippen LogP contribution in [0, 0.1) is 0 Å². The van der Waals surface area contributed by atoms with Crippen molar-refractivity contribution in [3.05, 3.63) is 65.9 Å². The Morgan fingerprint density at radius 3 is 2.73 bits per heavy atom. The summed E-state index contributed by atoms with van der Waals surface area (Å²) in [6, 6.07) is 18.7. The topological polar surface area (TPSA) is 23.4 Å². The molecule has 2 aromatic carbocycles. The second kappa shape index (κ2) is 5.26. The minimum atomic E-state index is 0.702. The lowest BCUT2D eigenvalue weighted by Gasteiger charge is -2.20. The second-order valence-electron chi connectivity index (χ2n) is 5.37.